The molecule has 1 N–H and O–H groups in total. The summed E-state index contributed by atoms with van der Waals surface area (Å²) in [6.07, 6.45) is 6.46. The number of nitrogens with one attached hydrogen (secondary N) is 1. The van der Waals surface area contributed by atoms with E-state index in [1.807, 2.05) is 13.8 Å². The summed E-state index contributed by atoms with van der Waals surface area (Å²) in [5.74, 6) is 1.37. The number of ether oxygens (including phenoxy) is 1. The minimum absolute atomic E-state index is 0.00155. The van der Waals surface area contributed by atoms with E-state index in [9.17, 15) is 13.2 Å². The maximum atomic E-state index is 13.5. The van der Waals surface area contributed by atoms with Gasteiger partial charge in [0, 0.05) is 18.7 Å². The Morgan fingerprint density at radius 2 is 1.90 bits per heavy atom. The number of anilines is 1. The molecule has 4 aromatic rings. The molecule has 4 heterocycles. The van der Waals surface area contributed by atoms with Crippen molar-refractivity contribution in [2.24, 2.45) is 5.92 Å². The fraction of sp³-hybridized carbons (Fsp3) is 0.423. The summed E-state index contributed by atoms with van der Waals surface area (Å²) in [5.41, 5.74) is 2.57. The van der Waals surface area contributed by atoms with Gasteiger partial charge in [0.05, 0.1) is 41.9 Å². The van der Waals surface area contributed by atoms with E-state index in [4.69, 9.17) is 9.72 Å². The smallest absolute Gasteiger partial charge is 0.294 e. The van der Waals surface area contributed by atoms with Crippen molar-refractivity contribution in [2.75, 3.05) is 18.2 Å². The van der Waals surface area contributed by atoms with Gasteiger partial charge in [-0.3, -0.25) is 14.3 Å². The topological polar surface area (TPSA) is 155 Å². The van der Waals surface area contributed by atoms with Crippen molar-refractivity contribution < 1.29 is 13.2 Å². The third-order valence-electron chi connectivity index (χ3n) is 6.43. The summed E-state index contributed by atoms with van der Waals surface area (Å²) >= 11 is 0. The van der Waals surface area contributed by atoms with Gasteiger partial charge in [0.15, 0.2) is 27.1 Å². The van der Waals surface area contributed by atoms with Gasteiger partial charge in [-0.05, 0) is 30.9 Å². The van der Waals surface area contributed by atoms with Crippen molar-refractivity contribution in [2.45, 2.75) is 57.5 Å². The predicted molar refractivity (Wildman–Crippen MR) is 145 cm³/mol. The summed E-state index contributed by atoms with van der Waals surface area (Å²) in [6.45, 7) is 6.22. The first-order valence-electron chi connectivity index (χ1n) is 12.8. The van der Waals surface area contributed by atoms with Gasteiger partial charge in [-0.1, -0.05) is 20.8 Å². The third kappa shape index (κ3) is 5.44. The lowest BCUT2D eigenvalue weighted by Crippen LogP contribution is -2.28. The first kappa shape index (κ1) is 26.6. The number of aromatic nitrogens is 7. The number of nitrogens with zero attached hydrogens (tertiary/aromatic N) is 7. The van der Waals surface area contributed by atoms with Crippen molar-refractivity contribution in [3.8, 4) is 17.3 Å². The summed E-state index contributed by atoms with van der Waals surface area (Å²) < 4.78 is 31.2. The fourth-order valence-electron chi connectivity index (χ4n) is 4.26. The molecule has 0 saturated heterocycles. The molecule has 12 nitrogen and oxygen atoms in total. The molecule has 13 heteroatoms. The van der Waals surface area contributed by atoms with Crippen molar-refractivity contribution in [1.82, 2.24) is 34.5 Å². The number of hydrogen-bond acceptors (Lipinski definition) is 11. The zero-order chi connectivity index (χ0) is 27.7. The van der Waals surface area contributed by atoms with Gasteiger partial charge in [0.25, 0.3) is 5.56 Å². The second-order valence-corrected chi connectivity index (χ2v) is 12.1. The number of fused-ring (bicyclic) bond motifs is 1. The molecule has 5 rings (SSSR count). The van der Waals surface area contributed by atoms with E-state index >= 15 is 0 Å². The zero-order valence-electron chi connectivity index (χ0n) is 22.2. The van der Waals surface area contributed by atoms with Crippen molar-refractivity contribution in [1.29, 1.82) is 0 Å². The molecule has 0 bridgehead atoms. The average molecular weight is 551 g/mol. The molecule has 204 valence electrons. The number of sulfone groups is 1. The van der Waals surface area contributed by atoms with E-state index in [0.29, 0.717) is 46.6 Å². The van der Waals surface area contributed by atoms with Crippen LogP contribution in [0, 0.1) is 5.92 Å². The Morgan fingerprint density at radius 3 is 2.54 bits per heavy atom. The van der Waals surface area contributed by atoms with E-state index in [0.717, 1.165) is 18.5 Å². The van der Waals surface area contributed by atoms with Crippen LogP contribution in [0.15, 0.2) is 40.5 Å². The second kappa shape index (κ2) is 10.6. The van der Waals surface area contributed by atoms with Crippen LogP contribution in [0.3, 0.4) is 0 Å². The lowest BCUT2D eigenvalue weighted by molar-refractivity contribution is 0.397. The summed E-state index contributed by atoms with van der Waals surface area (Å²) in [7, 11) is -1.80. The molecule has 1 fully saturated rings. The molecule has 1 aliphatic carbocycles. The van der Waals surface area contributed by atoms with Crippen LogP contribution < -0.4 is 15.6 Å². The Morgan fingerprint density at radius 1 is 1.10 bits per heavy atom. The highest BCUT2D eigenvalue weighted by Gasteiger charge is 2.31. The Bertz CT molecular complexity index is 1680. The minimum Gasteiger partial charge on any atom is -0.480 e. The summed E-state index contributed by atoms with van der Waals surface area (Å²) in [6, 6.07) is 3.13. The molecular weight excluding hydrogens is 520 g/mol. The van der Waals surface area contributed by atoms with Gasteiger partial charge in [-0.15, -0.1) is 0 Å². The lowest BCUT2D eigenvalue weighted by atomic mass is 10.1. The number of hydrogen-bond donors (Lipinski definition) is 1. The Hall–Kier alpha value is -4.00. The molecule has 4 aromatic heterocycles. The Kier molecular flexibility index (Phi) is 7.25. The highest BCUT2D eigenvalue weighted by Crippen LogP contribution is 2.44. The van der Waals surface area contributed by atoms with Gasteiger partial charge < -0.3 is 10.1 Å². The quantitative estimate of drug-likeness (QED) is 0.310. The van der Waals surface area contributed by atoms with Crippen LogP contribution in [-0.4, -0.2) is 55.8 Å². The maximum Gasteiger partial charge on any atom is 0.294 e. The van der Waals surface area contributed by atoms with Gasteiger partial charge in [-0.25, -0.2) is 33.3 Å². The molecule has 0 unspecified atom stereocenters. The van der Waals surface area contributed by atoms with E-state index in [-0.39, 0.29) is 34.5 Å². The molecule has 39 heavy (non-hydrogen) atoms. The van der Waals surface area contributed by atoms with Gasteiger partial charge >= 0.3 is 0 Å². The van der Waals surface area contributed by atoms with E-state index in [1.54, 1.807) is 30.9 Å². The molecule has 1 saturated carbocycles. The van der Waals surface area contributed by atoms with Crippen LogP contribution in [0.25, 0.3) is 22.6 Å². The highest BCUT2D eigenvalue weighted by atomic mass is 32.2. The Labute approximate surface area is 225 Å². The first-order chi connectivity index (χ1) is 18.7. The molecule has 0 radical (unpaired) electrons. The van der Waals surface area contributed by atoms with E-state index < -0.39 is 9.84 Å². The van der Waals surface area contributed by atoms with Crippen LogP contribution in [0.1, 0.15) is 50.9 Å². The molecule has 0 aromatic carbocycles. The second-order valence-electron chi connectivity index (χ2n) is 9.83. The maximum absolute atomic E-state index is 13.5. The number of methoxy groups -OCH3 is 1. The molecule has 0 spiro atoms. The normalized spacial score (nSPS) is 13.7. The van der Waals surface area contributed by atoms with E-state index in [1.165, 1.54) is 18.6 Å². The Balaban J connectivity index is 1.53. The number of rotatable bonds is 10. The summed E-state index contributed by atoms with van der Waals surface area (Å²) in [4.78, 5) is 40.5. The van der Waals surface area contributed by atoms with E-state index in [2.05, 4.69) is 30.2 Å². The summed E-state index contributed by atoms with van der Waals surface area (Å²) in [5, 5.41) is 3.05. The van der Waals surface area contributed by atoms with Crippen LogP contribution in [-0.2, 0) is 22.9 Å². The largest absolute Gasteiger partial charge is 0.480 e. The van der Waals surface area contributed by atoms with Crippen LogP contribution >= 0.6 is 0 Å². The first-order valence-corrected chi connectivity index (χ1v) is 14.5. The van der Waals surface area contributed by atoms with Gasteiger partial charge in [0.1, 0.15) is 17.4 Å². The average Bonchev–Trinajstić information content (AvgIpc) is 3.79. The fourth-order valence-corrected chi connectivity index (χ4v) is 5.08. The molecule has 1 aliphatic rings. The molecular formula is C26H30N8O4S. The van der Waals surface area contributed by atoms with Crippen molar-refractivity contribution in [3.63, 3.8) is 0 Å². The third-order valence-corrected chi connectivity index (χ3v) is 8.15. The predicted octanol–water partition coefficient (Wildman–Crippen LogP) is 2.99. The van der Waals surface area contributed by atoms with Crippen LogP contribution in [0.4, 0.5) is 5.82 Å². The van der Waals surface area contributed by atoms with Crippen LogP contribution in [0.5, 0.6) is 5.88 Å². The standard InChI is InChI=1S/C26H30N8O4S/c1-5-39(36,37)18-9-8-17(27-11-18)10-28-23-26(35)34(13-15(2)3)24-19(32-23)12-29-22(33-24)20-21(16-6-7-16)30-14-31-25(20)38-4/h8-9,11-12,14-16H,5-7,10,13H2,1-4H3,(H,28,32). The highest BCUT2D eigenvalue weighted by molar-refractivity contribution is 7.91. The minimum atomic E-state index is -3.34. The zero-order valence-corrected chi connectivity index (χ0v) is 23.1. The SMILES string of the molecule is CCS(=O)(=O)c1ccc(CNc2nc3cnc(-c4c(OC)ncnc4C4CC4)nc3n(CC(C)C)c2=O)nc1. The van der Waals surface area contributed by atoms with Crippen LogP contribution in [0.2, 0.25) is 0 Å². The van der Waals surface area contributed by atoms with Crippen molar-refractivity contribution >= 4 is 26.8 Å². The van der Waals surface area contributed by atoms with Gasteiger partial charge in [-0.2, -0.15) is 0 Å². The van der Waals surface area contributed by atoms with Gasteiger partial charge in [0.2, 0.25) is 5.88 Å². The molecule has 0 aliphatic heterocycles. The van der Waals surface area contributed by atoms with Crippen molar-refractivity contribution in [3.05, 3.63) is 52.6 Å². The molecule has 0 amide bonds. The number of pyridine rings is 1. The molecule has 0 atom stereocenters. The lowest BCUT2D eigenvalue weighted by Gasteiger charge is -2.15. The monoisotopic (exact) mass is 550 g/mol.